The van der Waals surface area contributed by atoms with E-state index in [4.69, 9.17) is 9.47 Å². The smallest absolute Gasteiger partial charge is 0.119 e. The van der Waals surface area contributed by atoms with E-state index in [1.54, 1.807) is 14.2 Å². The van der Waals surface area contributed by atoms with Crippen molar-refractivity contribution in [1.82, 2.24) is 9.97 Å². The number of rotatable bonds is 12. The van der Waals surface area contributed by atoms with Gasteiger partial charge in [0.1, 0.15) is 70.2 Å². The number of methoxy groups -OCH3 is 2. The van der Waals surface area contributed by atoms with E-state index in [9.17, 15) is 0 Å². The number of ether oxygens (including phenoxy) is 2. The van der Waals surface area contributed by atoms with Gasteiger partial charge in [-0.05, 0) is 121 Å². The minimum atomic E-state index is -1.91. The molecule has 0 aliphatic heterocycles. The average molecular weight is 845 g/mol. The Bertz CT molecular complexity index is 2570. The normalized spacial score (nSPS) is 11.5. The lowest BCUT2D eigenvalue weighted by Crippen LogP contribution is -2.32. The van der Waals surface area contributed by atoms with Gasteiger partial charge in [0.05, 0.1) is 25.6 Å². The van der Waals surface area contributed by atoms with Crippen molar-refractivity contribution in [2.75, 3.05) is 14.2 Å². The molecule has 10 aromatic rings. The number of aromatic nitrogens is 2. The van der Waals surface area contributed by atoms with Crippen LogP contribution in [0.4, 0.5) is 0 Å². The minimum Gasteiger partial charge on any atom is -0.497 e. The fraction of sp³-hybridized carbons (Fsp3) is 0.0714. The molecule has 0 atom stereocenters. The summed E-state index contributed by atoms with van der Waals surface area (Å²) >= 11 is 0. The molecule has 304 valence electrons. The summed E-state index contributed by atoms with van der Waals surface area (Å²) in [6.07, 6.45) is 1.87. The summed E-state index contributed by atoms with van der Waals surface area (Å²) in [5.41, 5.74) is 4.77. The van der Waals surface area contributed by atoms with E-state index in [2.05, 4.69) is 228 Å². The number of nitrogens with one attached hydrogen (secondary N) is 2. The molecule has 0 aliphatic rings. The third-order valence-electron chi connectivity index (χ3n) is 11.8. The molecule has 10 rings (SSSR count). The van der Waals surface area contributed by atoms with Crippen LogP contribution in [-0.4, -0.2) is 24.2 Å². The van der Waals surface area contributed by atoms with Gasteiger partial charge in [-0.3, -0.25) is 0 Å². The molecule has 2 aromatic heterocycles. The maximum absolute atomic E-state index is 5.43. The maximum Gasteiger partial charge on any atom is 0.119 e. The van der Waals surface area contributed by atoms with Gasteiger partial charge in [-0.25, -0.2) is 0 Å². The Hall–Kier alpha value is -6.70. The van der Waals surface area contributed by atoms with Gasteiger partial charge in [0, 0.05) is 21.8 Å². The highest BCUT2D eigenvalue weighted by molar-refractivity contribution is 7.95. The molecular weight excluding hydrogens is 795 g/mol. The highest BCUT2D eigenvalue weighted by Gasteiger charge is 2.47. The molecule has 6 heteroatoms. The Morgan fingerprint density at radius 1 is 0.323 bits per heavy atom. The van der Waals surface area contributed by atoms with Gasteiger partial charge < -0.3 is 19.4 Å². The van der Waals surface area contributed by atoms with Crippen LogP contribution in [0, 0.1) is 0 Å². The van der Waals surface area contributed by atoms with Crippen LogP contribution in [0.5, 0.6) is 11.5 Å². The van der Waals surface area contributed by atoms with E-state index in [1.165, 1.54) is 54.0 Å². The summed E-state index contributed by atoms with van der Waals surface area (Å²) in [6, 6.07) is 83.0. The van der Waals surface area contributed by atoms with Crippen LogP contribution < -0.4 is 41.3 Å². The molecule has 0 bridgehead atoms. The number of benzene rings is 8. The highest BCUT2D eigenvalue weighted by Crippen LogP contribution is 2.59. The molecule has 2 heterocycles. The lowest BCUT2D eigenvalue weighted by atomic mass is 10.2. The molecule has 0 radical (unpaired) electrons. The van der Waals surface area contributed by atoms with Gasteiger partial charge in [0.25, 0.3) is 0 Å². The molecule has 2 N–H and O–H groups in total. The molecular formula is C56H50N2O2P2+2. The SMILES string of the molecule is COc1ccc2[nH]c(C[P+](c3ccccc3)(c3ccccc3)c3ccccc3)cc2c1.COc1ccc2[nH]c(C[P+](c3ccccc3)(c3ccccc3)c3ccccc3)cc2c1. The second kappa shape index (κ2) is 18.5. The van der Waals surface area contributed by atoms with Crippen molar-refractivity contribution in [3.63, 3.8) is 0 Å². The number of H-pyrrole nitrogens is 2. The Morgan fingerprint density at radius 2 is 0.581 bits per heavy atom. The first-order valence-electron chi connectivity index (χ1n) is 21.0. The first-order chi connectivity index (χ1) is 30.6. The number of aromatic amines is 2. The Kier molecular flexibility index (Phi) is 12.1. The minimum absolute atomic E-state index is 0.883. The quantitative estimate of drug-likeness (QED) is 0.120. The van der Waals surface area contributed by atoms with Gasteiger partial charge >= 0.3 is 0 Å². The predicted molar refractivity (Wildman–Crippen MR) is 267 cm³/mol. The van der Waals surface area contributed by atoms with Gasteiger partial charge in [0.15, 0.2) is 0 Å². The van der Waals surface area contributed by atoms with E-state index < -0.39 is 14.5 Å². The maximum atomic E-state index is 5.43. The zero-order chi connectivity index (χ0) is 42.2. The fourth-order valence-corrected chi connectivity index (χ4v) is 17.1. The summed E-state index contributed by atoms with van der Waals surface area (Å²) in [5.74, 6) is 1.77. The van der Waals surface area contributed by atoms with Crippen molar-refractivity contribution < 1.29 is 9.47 Å². The predicted octanol–water partition coefficient (Wildman–Crippen LogP) is 11.3. The van der Waals surface area contributed by atoms with Crippen molar-refractivity contribution in [2.45, 2.75) is 12.3 Å². The van der Waals surface area contributed by atoms with Crippen molar-refractivity contribution >= 4 is 68.2 Å². The zero-order valence-corrected chi connectivity index (χ0v) is 36.9. The van der Waals surface area contributed by atoms with E-state index in [0.717, 1.165) is 34.9 Å². The van der Waals surface area contributed by atoms with Crippen molar-refractivity contribution in [3.8, 4) is 11.5 Å². The summed E-state index contributed by atoms with van der Waals surface area (Å²) in [5, 5.41) is 10.7. The van der Waals surface area contributed by atoms with E-state index in [0.29, 0.717) is 0 Å². The monoisotopic (exact) mass is 844 g/mol. The summed E-state index contributed by atoms with van der Waals surface area (Å²) in [4.78, 5) is 7.37. The summed E-state index contributed by atoms with van der Waals surface area (Å²) in [6.45, 7) is 0. The second-order valence-electron chi connectivity index (χ2n) is 15.4. The van der Waals surface area contributed by atoms with E-state index in [-0.39, 0.29) is 0 Å². The first-order valence-corrected chi connectivity index (χ1v) is 24.9. The number of hydrogen-bond donors (Lipinski definition) is 2. The molecule has 0 saturated heterocycles. The van der Waals surface area contributed by atoms with Crippen LogP contribution in [-0.2, 0) is 12.3 Å². The molecule has 4 nitrogen and oxygen atoms in total. The largest absolute Gasteiger partial charge is 0.497 e. The standard InChI is InChI=1S/2C28H25NOP/c2*1-30-24-17-18-28-22(20-24)19-23(29-28)21-31(25-11-5-2-6-12-25,26-13-7-3-8-14-26)27-15-9-4-10-16-27/h2*2-20,29H,21H2,1H3/q2*+1. The molecule has 0 amide bonds. The van der Waals surface area contributed by atoms with Crippen molar-refractivity contribution in [2.24, 2.45) is 0 Å². The average Bonchev–Trinajstić information content (AvgIpc) is 3.96. The molecule has 0 aliphatic carbocycles. The highest BCUT2D eigenvalue weighted by atomic mass is 31.2. The zero-order valence-electron chi connectivity index (χ0n) is 35.1. The fourth-order valence-electron chi connectivity index (χ4n) is 8.81. The van der Waals surface area contributed by atoms with E-state index >= 15 is 0 Å². The van der Waals surface area contributed by atoms with Crippen LogP contribution in [0.25, 0.3) is 21.8 Å². The molecule has 0 unspecified atom stereocenters. The Balaban J connectivity index is 0.000000158. The Labute approximate surface area is 365 Å². The van der Waals surface area contributed by atoms with Crippen LogP contribution in [0.3, 0.4) is 0 Å². The molecule has 0 fully saturated rings. The number of hydrogen-bond acceptors (Lipinski definition) is 2. The van der Waals surface area contributed by atoms with Gasteiger partial charge in [-0.1, -0.05) is 109 Å². The summed E-state index contributed by atoms with van der Waals surface area (Å²) < 4.78 is 10.9. The van der Waals surface area contributed by atoms with Crippen LogP contribution in [0.1, 0.15) is 11.4 Å². The molecule has 0 spiro atoms. The van der Waals surface area contributed by atoms with Crippen LogP contribution in [0.15, 0.2) is 231 Å². The first kappa shape index (κ1) is 40.7. The molecule has 8 aromatic carbocycles. The van der Waals surface area contributed by atoms with Gasteiger partial charge in [-0.2, -0.15) is 0 Å². The van der Waals surface area contributed by atoms with Gasteiger partial charge in [-0.15, -0.1) is 0 Å². The topological polar surface area (TPSA) is 50.0 Å². The third-order valence-corrected chi connectivity index (χ3v) is 20.5. The van der Waals surface area contributed by atoms with Crippen molar-refractivity contribution in [1.29, 1.82) is 0 Å². The van der Waals surface area contributed by atoms with Crippen LogP contribution >= 0.6 is 14.5 Å². The molecule has 0 saturated carbocycles. The Morgan fingerprint density at radius 3 is 0.823 bits per heavy atom. The summed E-state index contributed by atoms with van der Waals surface area (Å²) in [7, 11) is -0.396. The van der Waals surface area contributed by atoms with E-state index in [1.807, 2.05) is 12.1 Å². The van der Waals surface area contributed by atoms with Crippen molar-refractivity contribution in [3.05, 3.63) is 242 Å². The molecule has 62 heavy (non-hydrogen) atoms. The van der Waals surface area contributed by atoms with Gasteiger partial charge in [0.2, 0.25) is 0 Å². The third kappa shape index (κ3) is 8.20. The van der Waals surface area contributed by atoms with Crippen LogP contribution in [0.2, 0.25) is 0 Å². The number of fused-ring (bicyclic) bond motifs is 2. The lowest BCUT2D eigenvalue weighted by molar-refractivity contribution is 0.415. The second-order valence-corrected chi connectivity index (χ2v) is 22.4. The lowest BCUT2D eigenvalue weighted by Gasteiger charge is -2.27.